The highest BCUT2D eigenvalue weighted by atomic mass is 32.2. The number of hydrogen-bond acceptors (Lipinski definition) is 4. The molecule has 0 unspecified atom stereocenters. The zero-order valence-corrected chi connectivity index (χ0v) is 11.2. The number of para-hydroxylation sites is 2. The maximum absolute atomic E-state index is 11.3. The molecule has 0 spiro atoms. The fourth-order valence-corrected chi connectivity index (χ4v) is 4.31. The minimum absolute atomic E-state index is 0.184. The van der Waals surface area contributed by atoms with Gasteiger partial charge in [0.05, 0.1) is 22.5 Å². The van der Waals surface area contributed by atoms with Gasteiger partial charge in [0, 0.05) is 5.75 Å². The average Bonchev–Trinajstić information content (AvgIpc) is 2.89. The normalized spacial score (nSPS) is 18.1. The van der Waals surface area contributed by atoms with Gasteiger partial charge < -0.3 is 4.98 Å². The summed E-state index contributed by atoms with van der Waals surface area (Å²) in [4.78, 5) is 7.66. The third kappa shape index (κ3) is 2.44. The first-order valence-corrected chi connectivity index (χ1v) is 8.39. The fourth-order valence-electron chi connectivity index (χ4n) is 1.90. The van der Waals surface area contributed by atoms with E-state index < -0.39 is 9.84 Å². The van der Waals surface area contributed by atoms with Gasteiger partial charge in [-0.05, 0) is 17.7 Å². The van der Waals surface area contributed by atoms with E-state index >= 15 is 0 Å². The molecule has 1 aromatic carbocycles. The highest BCUT2D eigenvalue weighted by molar-refractivity contribution is 7.99. The summed E-state index contributed by atoms with van der Waals surface area (Å²) in [6.45, 7) is 0. The predicted molar refractivity (Wildman–Crippen MR) is 73.6 cm³/mol. The molecular formula is C12H12N2O2S2. The number of sulfone groups is 1. The molecule has 0 saturated carbocycles. The summed E-state index contributed by atoms with van der Waals surface area (Å²) < 4.78 is 22.6. The van der Waals surface area contributed by atoms with Crippen LogP contribution in [0.1, 0.15) is 0 Å². The van der Waals surface area contributed by atoms with Crippen LogP contribution in [0.4, 0.5) is 0 Å². The Morgan fingerprint density at radius 1 is 1.33 bits per heavy atom. The van der Waals surface area contributed by atoms with Crippen molar-refractivity contribution in [2.24, 2.45) is 0 Å². The van der Waals surface area contributed by atoms with E-state index in [2.05, 4.69) is 9.97 Å². The molecular weight excluding hydrogens is 268 g/mol. The van der Waals surface area contributed by atoms with Crippen LogP contribution < -0.4 is 0 Å². The summed E-state index contributed by atoms with van der Waals surface area (Å²) >= 11 is 1.54. The van der Waals surface area contributed by atoms with Crippen LogP contribution in [0.3, 0.4) is 0 Å². The number of H-pyrrole nitrogens is 1. The SMILES string of the molecule is O=S1(=O)CC=C(CSc2nc3ccccc3[nH]2)C1. The Hall–Kier alpha value is -1.27. The smallest absolute Gasteiger partial charge is 0.166 e. The molecule has 0 fully saturated rings. The van der Waals surface area contributed by atoms with Crippen molar-refractivity contribution in [2.45, 2.75) is 5.16 Å². The second-order valence-electron chi connectivity index (χ2n) is 4.26. The first-order chi connectivity index (χ1) is 8.62. The number of hydrogen-bond donors (Lipinski definition) is 1. The van der Waals surface area contributed by atoms with Crippen molar-refractivity contribution in [3.8, 4) is 0 Å². The molecule has 1 aliphatic heterocycles. The van der Waals surface area contributed by atoms with Crippen molar-refractivity contribution >= 4 is 32.6 Å². The quantitative estimate of drug-likeness (QED) is 0.690. The molecule has 2 heterocycles. The van der Waals surface area contributed by atoms with Gasteiger partial charge in [0.2, 0.25) is 0 Å². The third-order valence-corrected chi connectivity index (χ3v) is 5.26. The Labute approximate surface area is 109 Å². The zero-order chi connectivity index (χ0) is 12.6. The van der Waals surface area contributed by atoms with E-state index in [-0.39, 0.29) is 11.5 Å². The monoisotopic (exact) mass is 280 g/mol. The molecule has 4 nitrogen and oxygen atoms in total. The van der Waals surface area contributed by atoms with E-state index in [1.54, 1.807) is 11.8 Å². The van der Waals surface area contributed by atoms with Crippen molar-refractivity contribution in [3.63, 3.8) is 0 Å². The third-order valence-electron chi connectivity index (χ3n) is 2.79. The van der Waals surface area contributed by atoms with Crippen LogP contribution in [0.25, 0.3) is 11.0 Å². The molecule has 1 aromatic heterocycles. The van der Waals surface area contributed by atoms with E-state index in [4.69, 9.17) is 0 Å². The molecule has 3 rings (SSSR count). The molecule has 0 saturated heterocycles. The van der Waals surface area contributed by atoms with Gasteiger partial charge in [0.25, 0.3) is 0 Å². The molecule has 94 valence electrons. The summed E-state index contributed by atoms with van der Waals surface area (Å²) in [5, 5.41) is 0.835. The van der Waals surface area contributed by atoms with Crippen molar-refractivity contribution in [2.75, 3.05) is 17.3 Å². The number of imidazole rings is 1. The Bertz CT molecular complexity index is 684. The highest BCUT2D eigenvalue weighted by Crippen LogP contribution is 2.23. The molecule has 0 amide bonds. The van der Waals surface area contributed by atoms with Gasteiger partial charge in [-0.2, -0.15) is 0 Å². The lowest BCUT2D eigenvalue weighted by Crippen LogP contribution is -2.03. The van der Waals surface area contributed by atoms with E-state index in [1.807, 2.05) is 30.3 Å². The summed E-state index contributed by atoms with van der Waals surface area (Å²) in [5.41, 5.74) is 2.92. The summed E-state index contributed by atoms with van der Waals surface area (Å²) in [7, 11) is -2.86. The molecule has 18 heavy (non-hydrogen) atoms. The van der Waals surface area contributed by atoms with E-state index in [0.717, 1.165) is 21.8 Å². The van der Waals surface area contributed by atoms with E-state index in [9.17, 15) is 8.42 Å². The van der Waals surface area contributed by atoms with Crippen LogP contribution in [0.15, 0.2) is 41.1 Å². The van der Waals surface area contributed by atoms with Gasteiger partial charge in [-0.1, -0.05) is 30.0 Å². The largest absolute Gasteiger partial charge is 0.333 e. The van der Waals surface area contributed by atoms with Crippen LogP contribution in [0.2, 0.25) is 0 Å². The summed E-state index contributed by atoms with van der Waals surface area (Å²) in [6, 6.07) is 7.84. The number of nitrogens with zero attached hydrogens (tertiary/aromatic N) is 1. The maximum Gasteiger partial charge on any atom is 0.166 e. The Morgan fingerprint density at radius 3 is 2.89 bits per heavy atom. The average molecular weight is 280 g/mol. The standard InChI is InChI=1S/C12H12N2O2S2/c15-18(16)6-5-9(8-18)7-17-12-13-10-3-1-2-4-11(10)14-12/h1-5H,6-8H2,(H,13,14). The number of aromatic nitrogens is 2. The van der Waals surface area contributed by atoms with Gasteiger partial charge in [-0.3, -0.25) is 0 Å². The Morgan fingerprint density at radius 2 is 2.17 bits per heavy atom. The Kier molecular flexibility index (Phi) is 2.91. The van der Waals surface area contributed by atoms with E-state index in [0.29, 0.717) is 5.75 Å². The van der Waals surface area contributed by atoms with Crippen LogP contribution in [0.5, 0.6) is 0 Å². The summed E-state index contributed by atoms with van der Waals surface area (Å²) in [5.74, 6) is 1.06. The topological polar surface area (TPSA) is 62.8 Å². The van der Waals surface area contributed by atoms with Gasteiger partial charge in [0.1, 0.15) is 0 Å². The lowest BCUT2D eigenvalue weighted by Gasteiger charge is -1.98. The van der Waals surface area contributed by atoms with Crippen LogP contribution in [0, 0.1) is 0 Å². The Balaban J connectivity index is 1.70. The molecule has 0 bridgehead atoms. The van der Waals surface area contributed by atoms with Gasteiger partial charge in [0.15, 0.2) is 15.0 Å². The first kappa shape index (κ1) is 11.8. The van der Waals surface area contributed by atoms with Crippen molar-refractivity contribution in [3.05, 3.63) is 35.9 Å². The molecule has 0 radical (unpaired) electrons. The van der Waals surface area contributed by atoms with Crippen LogP contribution >= 0.6 is 11.8 Å². The zero-order valence-electron chi connectivity index (χ0n) is 9.59. The lowest BCUT2D eigenvalue weighted by atomic mass is 10.3. The van der Waals surface area contributed by atoms with Crippen molar-refractivity contribution < 1.29 is 8.42 Å². The molecule has 1 aliphatic rings. The number of rotatable bonds is 3. The molecule has 1 N–H and O–H groups in total. The minimum Gasteiger partial charge on any atom is -0.333 e. The number of nitrogens with one attached hydrogen (secondary N) is 1. The summed E-state index contributed by atoms with van der Waals surface area (Å²) in [6.07, 6.45) is 1.81. The molecule has 2 aromatic rings. The van der Waals surface area contributed by atoms with Gasteiger partial charge >= 0.3 is 0 Å². The highest BCUT2D eigenvalue weighted by Gasteiger charge is 2.19. The lowest BCUT2D eigenvalue weighted by molar-refractivity contribution is 0.603. The second kappa shape index (κ2) is 4.44. The number of thioether (sulfide) groups is 1. The van der Waals surface area contributed by atoms with Gasteiger partial charge in [-0.25, -0.2) is 13.4 Å². The molecule has 6 heteroatoms. The maximum atomic E-state index is 11.3. The van der Waals surface area contributed by atoms with Crippen LogP contribution in [-0.4, -0.2) is 35.6 Å². The second-order valence-corrected chi connectivity index (χ2v) is 7.34. The number of fused-ring (bicyclic) bond motifs is 1. The number of benzene rings is 1. The van der Waals surface area contributed by atoms with Crippen molar-refractivity contribution in [1.29, 1.82) is 0 Å². The molecule has 0 aliphatic carbocycles. The number of aromatic amines is 1. The minimum atomic E-state index is -2.86. The predicted octanol–water partition coefficient (Wildman–Crippen LogP) is 2.01. The van der Waals surface area contributed by atoms with Crippen LogP contribution in [-0.2, 0) is 9.84 Å². The van der Waals surface area contributed by atoms with Crippen molar-refractivity contribution in [1.82, 2.24) is 9.97 Å². The van der Waals surface area contributed by atoms with Gasteiger partial charge in [-0.15, -0.1) is 0 Å². The molecule has 0 atom stereocenters. The fraction of sp³-hybridized carbons (Fsp3) is 0.250. The first-order valence-electron chi connectivity index (χ1n) is 5.58. The van der Waals surface area contributed by atoms with E-state index in [1.165, 1.54) is 0 Å².